The molecular formula is C21H27N5O3. The van der Waals surface area contributed by atoms with Gasteiger partial charge in [-0.15, -0.1) is 5.10 Å². The van der Waals surface area contributed by atoms with Crippen molar-refractivity contribution < 1.29 is 14.3 Å². The summed E-state index contributed by atoms with van der Waals surface area (Å²) in [6.07, 6.45) is 6.38. The first kappa shape index (κ1) is 19.5. The Morgan fingerprint density at radius 3 is 2.72 bits per heavy atom. The van der Waals surface area contributed by atoms with Crippen LogP contribution in [0.1, 0.15) is 49.9 Å². The number of rotatable bonds is 6. The fraction of sp³-hybridized carbons (Fsp3) is 0.571. The van der Waals surface area contributed by atoms with Crippen LogP contribution in [0.4, 0.5) is 0 Å². The molecule has 2 aliphatic rings. The van der Waals surface area contributed by atoms with Gasteiger partial charge in [0.15, 0.2) is 5.82 Å². The summed E-state index contributed by atoms with van der Waals surface area (Å²) in [4.78, 5) is 25.8. The number of nitrogens with zero attached hydrogens (tertiary/aromatic N) is 4. The first-order valence-electron chi connectivity index (χ1n) is 10.5. The number of aryl methyl sites for hydroxylation is 2. The quantitative estimate of drug-likeness (QED) is 0.747. The lowest BCUT2D eigenvalue weighted by Gasteiger charge is -2.23. The molecule has 0 bridgehead atoms. The van der Waals surface area contributed by atoms with Gasteiger partial charge in [-0.3, -0.25) is 4.79 Å². The Balaban J connectivity index is 1.41. The zero-order valence-corrected chi connectivity index (χ0v) is 16.5. The number of fused-ring (bicyclic) bond motifs is 1. The highest BCUT2D eigenvalue weighted by molar-refractivity contribution is 5.86. The molecule has 1 aliphatic carbocycles. The van der Waals surface area contributed by atoms with E-state index in [4.69, 9.17) is 4.74 Å². The maximum Gasteiger partial charge on any atom is 0.329 e. The Morgan fingerprint density at radius 2 is 1.93 bits per heavy atom. The maximum absolute atomic E-state index is 13.0. The zero-order chi connectivity index (χ0) is 20.1. The van der Waals surface area contributed by atoms with Gasteiger partial charge in [0.25, 0.3) is 0 Å². The number of carbonyl (C=O) groups excluding carboxylic acids is 2. The molecule has 154 valence electrons. The highest BCUT2D eigenvalue weighted by atomic mass is 16.5. The van der Waals surface area contributed by atoms with Crippen LogP contribution >= 0.6 is 0 Å². The summed E-state index contributed by atoms with van der Waals surface area (Å²) in [6.45, 7) is 0.607. The highest BCUT2D eigenvalue weighted by Crippen LogP contribution is 2.22. The number of hydrogen-bond donors (Lipinski definition) is 1. The molecule has 2 heterocycles. The van der Waals surface area contributed by atoms with E-state index < -0.39 is 6.04 Å². The summed E-state index contributed by atoms with van der Waals surface area (Å²) in [6, 6.07) is 9.06. The SMILES string of the molecule is O=C(N[C@@H](Cc1ccccc1)C(=O)OC1CCCC1)C1CCc2nnnn2CC1. The molecule has 1 saturated carbocycles. The average molecular weight is 397 g/mol. The van der Waals surface area contributed by atoms with Crippen molar-refractivity contribution >= 4 is 11.9 Å². The fourth-order valence-corrected chi connectivity index (χ4v) is 4.15. The lowest BCUT2D eigenvalue weighted by Crippen LogP contribution is -2.46. The van der Waals surface area contributed by atoms with Gasteiger partial charge in [0.2, 0.25) is 5.91 Å². The molecular weight excluding hydrogens is 370 g/mol. The minimum atomic E-state index is -0.675. The predicted octanol–water partition coefficient (Wildman–Crippen LogP) is 1.84. The highest BCUT2D eigenvalue weighted by Gasteiger charge is 2.30. The van der Waals surface area contributed by atoms with E-state index in [0.717, 1.165) is 37.1 Å². The second-order valence-electron chi connectivity index (χ2n) is 7.94. The summed E-state index contributed by atoms with van der Waals surface area (Å²) < 4.78 is 7.46. The van der Waals surface area contributed by atoms with Crippen molar-refractivity contribution in [3.05, 3.63) is 41.7 Å². The van der Waals surface area contributed by atoms with Gasteiger partial charge in [-0.2, -0.15) is 0 Å². The lowest BCUT2D eigenvalue weighted by atomic mass is 9.98. The third-order valence-electron chi connectivity index (χ3n) is 5.85. The van der Waals surface area contributed by atoms with E-state index >= 15 is 0 Å². The molecule has 2 atom stereocenters. The number of aromatic nitrogens is 4. The van der Waals surface area contributed by atoms with Gasteiger partial charge in [-0.25, -0.2) is 9.48 Å². The third-order valence-corrected chi connectivity index (χ3v) is 5.85. The van der Waals surface area contributed by atoms with Crippen LogP contribution in [-0.4, -0.2) is 44.2 Å². The van der Waals surface area contributed by atoms with Crippen molar-refractivity contribution in [1.29, 1.82) is 0 Å². The Morgan fingerprint density at radius 1 is 1.14 bits per heavy atom. The van der Waals surface area contributed by atoms with Crippen molar-refractivity contribution in [3.63, 3.8) is 0 Å². The summed E-state index contributed by atoms with van der Waals surface area (Å²) in [7, 11) is 0. The van der Waals surface area contributed by atoms with Crippen LogP contribution in [0, 0.1) is 5.92 Å². The Bertz CT molecular complexity index is 809. The molecule has 1 N–H and O–H groups in total. The molecule has 29 heavy (non-hydrogen) atoms. The standard InChI is InChI=1S/C21H27N5O3/c27-20(16-10-11-19-23-24-25-26(19)13-12-16)22-18(14-15-6-2-1-3-7-15)21(28)29-17-8-4-5-9-17/h1-3,6-7,16-18H,4-5,8-14H2,(H,22,27)/t16?,18-/m0/s1. The molecule has 1 aliphatic heterocycles. The molecule has 0 saturated heterocycles. The van der Waals surface area contributed by atoms with E-state index in [1.54, 1.807) is 4.68 Å². The van der Waals surface area contributed by atoms with Crippen LogP contribution in [0.25, 0.3) is 0 Å². The maximum atomic E-state index is 13.0. The monoisotopic (exact) mass is 397 g/mol. The van der Waals surface area contributed by atoms with Crippen molar-refractivity contribution in [2.24, 2.45) is 5.92 Å². The number of esters is 1. The number of nitrogens with one attached hydrogen (secondary N) is 1. The second-order valence-corrected chi connectivity index (χ2v) is 7.94. The van der Waals surface area contributed by atoms with Crippen molar-refractivity contribution in [1.82, 2.24) is 25.5 Å². The molecule has 4 rings (SSSR count). The van der Waals surface area contributed by atoms with Crippen molar-refractivity contribution in [2.45, 2.75) is 70.1 Å². The second kappa shape index (κ2) is 9.15. The van der Waals surface area contributed by atoms with Crippen LogP contribution in [0.2, 0.25) is 0 Å². The summed E-state index contributed by atoms with van der Waals surface area (Å²) in [5.41, 5.74) is 0.998. The number of benzene rings is 1. The lowest BCUT2D eigenvalue weighted by molar-refractivity contribution is -0.153. The number of carbonyl (C=O) groups is 2. The van der Waals surface area contributed by atoms with Crippen LogP contribution < -0.4 is 5.32 Å². The average Bonchev–Trinajstić information content (AvgIpc) is 3.36. The number of hydrogen-bond acceptors (Lipinski definition) is 6. The molecule has 2 aromatic rings. The minimum absolute atomic E-state index is 0.0221. The molecule has 1 aromatic carbocycles. The molecule has 8 heteroatoms. The van der Waals surface area contributed by atoms with Gasteiger partial charge in [0, 0.05) is 25.3 Å². The topological polar surface area (TPSA) is 99.0 Å². The molecule has 1 unspecified atom stereocenters. The zero-order valence-electron chi connectivity index (χ0n) is 16.5. The molecule has 0 radical (unpaired) electrons. The van der Waals surface area contributed by atoms with E-state index in [2.05, 4.69) is 20.8 Å². The summed E-state index contributed by atoms with van der Waals surface area (Å²) in [5, 5.41) is 14.6. The smallest absolute Gasteiger partial charge is 0.329 e. The van der Waals surface area contributed by atoms with E-state index in [-0.39, 0.29) is 23.9 Å². The Hall–Kier alpha value is -2.77. The van der Waals surface area contributed by atoms with E-state index in [1.165, 1.54) is 0 Å². The molecule has 0 spiro atoms. The Labute approximate surface area is 170 Å². The van der Waals surface area contributed by atoms with Gasteiger partial charge in [0.1, 0.15) is 12.1 Å². The molecule has 8 nitrogen and oxygen atoms in total. The van der Waals surface area contributed by atoms with Gasteiger partial charge in [0.05, 0.1) is 0 Å². The number of ether oxygens (including phenoxy) is 1. The first-order chi connectivity index (χ1) is 14.2. The molecule has 1 amide bonds. The van der Waals surface area contributed by atoms with Crippen LogP contribution in [0.3, 0.4) is 0 Å². The van der Waals surface area contributed by atoms with Crippen LogP contribution in [0.15, 0.2) is 30.3 Å². The normalized spacial score (nSPS) is 20.5. The summed E-state index contributed by atoms with van der Waals surface area (Å²) in [5.74, 6) is 0.187. The number of amides is 1. The van der Waals surface area contributed by atoms with E-state index in [1.807, 2.05) is 30.3 Å². The van der Waals surface area contributed by atoms with Gasteiger partial charge >= 0.3 is 5.97 Å². The van der Waals surface area contributed by atoms with Gasteiger partial charge in [-0.05, 0) is 54.5 Å². The Kier molecular flexibility index (Phi) is 6.17. The van der Waals surface area contributed by atoms with E-state index in [9.17, 15) is 9.59 Å². The first-order valence-corrected chi connectivity index (χ1v) is 10.5. The molecule has 1 aromatic heterocycles. The third kappa shape index (κ3) is 4.99. The fourth-order valence-electron chi connectivity index (χ4n) is 4.15. The predicted molar refractivity (Wildman–Crippen MR) is 105 cm³/mol. The van der Waals surface area contributed by atoms with Crippen molar-refractivity contribution in [3.8, 4) is 0 Å². The van der Waals surface area contributed by atoms with E-state index in [0.29, 0.717) is 32.2 Å². The van der Waals surface area contributed by atoms with Crippen LogP contribution in [-0.2, 0) is 33.7 Å². The largest absolute Gasteiger partial charge is 0.461 e. The minimum Gasteiger partial charge on any atom is -0.461 e. The van der Waals surface area contributed by atoms with Crippen molar-refractivity contribution in [2.75, 3.05) is 0 Å². The summed E-state index contributed by atoms with van der Waals surface area (Å²) >= 11 is 0. The van der Waals surface area contributed by atoms with Crippen LogP contribution in [0.5, 0.6) is 0 Å². The number of tetrazole rings is 1. The van der Waals surface area contributed by atoms with Gasteiger partial charge in [-0.1, -0.05) is 30.3 Å². The molecule has 1 fully saturated rings. The van der Waals surface area contributed by atoms with Gasteiger partial charge < -0.3 is 10.1 Å².